The van der Waals surface area contributed by atoms with Gasteiger partial charge in [0.1, 0.15) is 0 Å². The van der Waals surface area contributed by atoms with Crippen molar-refractivity contribution in [2.45, 2.75) is 6.10 Å². The molecule has 0 saturated heterocycles. The molecule has 1 atom stereocenters. The zero-order valence-corrected chi connectivity index (χ0v) is 12.2. The van der Waals surface area contributed by atoms with Crippen LogP contribution in [0.5, 0.6) is 0 Å². The lowest BCUT2D eigenvalue weighted by atomic mass is 10.2. The minimum Gasteiger partial charge on any atom is -0.382 e. The maximum absolute atomic E-state index is 5.68. The summed E-state index contributed by atoms with van der Waals surface area (Å²) >= 11 is 1.65. The van der Waals surface area contributed by atoms with Gasteiger partial charge < -0.3 is 24.7 Å². The molecule has 19 heavy (non-hydrogen) atoms. The molecule has 0 radical (unpaired) electrons. The summed E-state index contributed by atoms with van der Waals surface area (Å²) in [6.07, 6.45) is -0.0344. The van der Waals surface area contributed by atoms with Crippen LogP contribution in [0.25, 0.3) is 0 Å². The first-order chi connectivity index (χ1) is 9.38. The molecule has 1 aromatic rings. The van der Waals surface area contributed by atoms with Crippen molar-refractivity contribution < 1.29 is 18.9 Å². The normalized spacial score (nSPS) is 12.7. The lowest BCUT2D eigenvalue weighted by Gasteiger charge is -2.14. The molecule has 6 heteroatoms. The predicted molar refractivity (Wildman–Crippen MR) is 75.6 cm³/mol. The fourth-order valence-corrected chi connectivity index (χ4v) is 2.17. The van der Waals surface area contributed by atoms with E-state index in [-0.39, 0.29) is 6.10 Å². The number of methoxy groups -OCH3 is 1. The summed E-state index contributed by atoms with van der Waals surface area (Å²) in [6, 6.07) is 2.03. The highest BCUT2D eigenvalue weighted by Gasteiger charge is 2.09. The number of rotatable bonds is 12. The van der Waals surface area contributed by atoms with Crippen LogP contribution >= 0.6 is 11.3 Å². The van der Waals surface area contributed by atoms with E-state index >= 15 is 0 Å². The van der Waals surface area contributed by atoms with Crippen molar-refractivity contribution in [3.63, 3.8) is 0 Å². The Bertz CT molecular complexity index is 295. The highest BCUT2D eigenvalue weighted by Crippen LogP contribution is 2.18. The molecule has 1 aromatic heterocycles. The number of ether oxygens (including phenoxy) is 4. The van der Waals surface area contributed by atoms with Gasteiger partial charge in [-0.15, -0.1) is 0 Å². The maximum atomic E-state index is 5.68. The summed E-state index contributed by atoms with van der Waals surface area (Å²) in [5.74, 6) is 0. The Morgan fingerprint density at radius 1 is 1.11 bits per heavy atom. The lowest BCUT2D eigenvalue weighted by molar-refractivity contribution is -0.0146. The molecule has 1 heterocycles. The highest BCUT2D eigenvalue weighted by atomic mass is 32.1. The number of nitrogens with two attached hydrogens (primary N) is 1. The summed E-state index contributed by atoms with van der Waals surface area (Å²) in [4.78, 5) is 0. The molecule has 2 N–H and O–H groups in total. The fourth-order valence-electron chi connectivity index (χ4n) is 1.47. The molecule has 0 fully saturated rings. The second-order valence-corrected chi connectivity index (χ2v) is 4.65. The average molecular weight is 289 g/mol. The van der Waals surface area contributed by atoms with E-state index in [1.54, 1.807) is 18.4 Å². The molecule has 5 nitrogen and oxygen atoms in total. The van der Waals surface area contributed by atoms with Gasteiger partial charge in [-0.05, 0) is 22.4 Å². The molecule has 0 amide bonds. The Hall–Kier alpha value is -0.500. The topological polar surface area (TPSA) is 62.9 Å². The van der Waals surface area contributed by atoms with Gasteiger partial charge in [0.05, 0.1) is 45.7 Å². The van der Waals surface area contributed by atoms with Gasteiger partial charge in [-0.3, -0.25) is 0 Å². The van der Waals surface area contributed by atoms with Gasteiger partial charge in [-0.25, -0.2) is 0 Å². The van der Waals surface area contributed by atoms with Gasteiger partial charge in [-0.2, -0.15) is 11.3 Å². The quantitative estimate of drug-likeness (QED) is 0.590. The predicted octanol–water partition coefficient (Wildman–Crippen LogP) is 1.44. The van der Waals surface area contributed by atoms with E-state index < -0.39 is 0 Å². The lowest BCUT2D eigenvalue weighted by Crippen LogP contribution is -2.18. The molecule has 0 aliphatic heterocycles. The summed E-state index contributed by atoms with van der Waals surface area (Å²) in [5.41, 5.74) is 6.81. The van der Waals surface area contributed by atoms with Crippen molar-refractivity contribution in [1.82, 2.24) is 0 Å². The first kappa shape index (κ1) is 16.6. The summed E-state index contributed by atoms with van der Waals surface area (Å²) in [7, 11) is 1.65. The van der Waals surface area contributed by atoms with Gasteiger partial charge >= 0.3 is 0 Å². The van der Waals surface area contributed by atoms with Crippen molar-refractivity contribution in [3.05, 3.63) is 22.4 Å². The van der Waals surface area contributed by atoms with Crippen LogP contribution in [0.4, 0.5) is 0 Å². The van der Waals surface area contributed by atoms with E-state index in [9.17, 15) is 0 Å². The van der Waals surface area contributed by atoms with Crippen LogP contribution in [0, 0.1) is 0 Å². The second kappa shape index (κ2) is 11.3. The van der Waals surface area contributed by atoms with Crippen LogP contribution < -0.4 is 5.73 Å². The first-order valence-electron chi connectivity index (χ1n) is 6.36. The third kappa shape index (κ3) is 7.61. The Kier molecular flexibility index (Phi) is 9.88. The minimum atomic E-state index is -0.0344. The molecule has 0 aromatic carbocycles. The molecular weight excluding hydrogens is 266 g/mol. The summed E-state index contributed by atoms with van der Waals surface area (Å²) in [5, 5.41) is 4.08. The van der Waals surface area contributed by atoms with E-state index in [0.717, 1.165) is 5.56 Å². The van der Waals surface area contributed by atoms with Gasteiger partial charge in [0.2, 0.25) is 0 Å². The van der Waals surface area contributed by atoms with Crippen LogP contribution in [0.1, 0.15) is 11.7 Å². The first-order valence-corrected chi connectivity index (χ1v) is 7.31. The molecule has 1 rings (SSSR count). The molecule has 0 spiro atoms. The molecule has 0 bridgehead atoms. The Balaban J connectivity index is 1.95. The van der Waals surface area contributed by atoms with Crippen molar-refractivity contribution in [2.24, 2.45) is 5.73 Å². The van der Waals surface area contributed by atoms with Gasteiger partial charge in [0.15, 0.2) is 0 Å². The largest absolute Gasteiger partial charge is 0.382 e. The Morgan fingerprint density at radius 3 is 2.37 bits per heavy atom. The Morgan fingerprint density at radius 2 is 1.79 bits per heavy atom. The number of thiophene rings is 1. The maximum Gasteiger partial charge on any atom is 0.0956 e. The van der Waals surface area contributed by atoms with Crippen LogP contribution in [0.15, 0.2) is 16.8 Å². The van der Waals surface area contributed by atoms with Crippen molar-refractivity contribution >= 4 is 11.3 Å². The van der Waals surface area contributed by atoms with E-state index in [4.69, 9.17) is 24.7 Å². The number of hydrogen-bond acceptors (Lipinski definition) is 6. The van der Waals surface area contributed by atoms with E-state index in [0.29, 0.717) is 46.2 Å². The molecule has 0 aliphatic rings. The van der Waals surface area contributed by atoms with Crippen molar-refractivity contribution in [2.75, 3.05) is 53.3 Å². The van der Waals surface area contributed by atoms with Crippen molar-refractivity contribution in [1.29, 1.82) is 0 Å². The highest BCUT2D eigenvalue weighted by molar-refractivity contribution is 7.07. The zero-order valence-electron chi connectivity index (χ0n) is 11.4. The SMILES string of the molecule is COCCOCCOCCOC(CN)c1ccsc1. The molecule has 0 aliphatic carbocycles. The second-order valence-electron chi connectivity index (χ2n) is 3.87. The molecule has 1 unspecified atom stereocenters. The standard InChI is InChI=1S/C13H23NO4S/c1-15-3-4-16-5-6-17-7-8-18-13(10-14)12-2-9-19-11-12/h2,9,11,13H,3-8,10,14H2,1H3. The summed E-state index contributed by atoms with van der Waals surface area (Å²) in [6.45, 7) is 3.93. The molecular formula is C13H23NO4S. The van der Waals surface area contributed by atoms with Crippen LogP contribution in [-0.4, -0.2) is 53.3 Å². The van der Waals surface area contributed by atoms with Crippen LogP contribution in [-0.2, 0) is 18.9 Å². The van der Waals surface area contributed by atoms with Crippen LogP contribution in [0.2, 0.25) is 0 Å². The Labute approximate surface area is 118 Å². The molecule has 0 saturated carbocycles. The smallest absolute Gasteiger partial charge is 0.0956 e. The fraction of sp³-hybridized carbons (Fsp3) is 0.692. The van der Waals surface area contributed by atoms with E-state index in [2.05, 4.69) is 5.38 Å². The van der Waals surface area contributed by atoms with E-state index in [1.807, 2.05) is 11.4 Å². The van der Waals surface area contributed by atoms with Gasteiger partial charge in [0.25, 0.3) is 0 Å². The van der Waals surface area contributed by atoms with Gasteiger partial charge in [-0.1, -0.05) is 0 Å². The average Bonchev–Trinajstić information content (AvgIpc) is 2.95. The van der Waals surface area contributed by atoms with Gasteiger partial charge in [0, 0.05) is 13.7 Å². The number of hydrogen-bond donors (Lipinski definition) is 1. The molecule has 110 valence electrons. The minimum absolute atomic E-state index is 0.0344. The third-order valence-electron chi connectivity index (χ3n) is 2.48. The summed E-state index contributed by atoms with van der Waals surface area (Å²) < 4.78 is 21.2. The monoisotopic (exact) mass is 289 g/mol. The zero-order chi connectivity index (χ0) is 13.8. The van der Waals surface area contributed by atoms with E-state index in [1.165, 1.54) is 0 Å². The van der Waals surface area contributed by atoms with Crippen molar-refractivity contribution in [3.8, 4) is 0 Å². The third-order valence-corrected chi connectivity index (χ3v) is 3.18. The van der Waals surface area contributed by atoms with Crippen LogP contribution in [0.3, 0.4) is 0 Å².